The number of rotatable bonds is 6. The van der Waals surface area contributed by atoms with Crippen LogP contribution >= 0.6 is 0 Å². The van der Waals surface area contributed by atoms with Gasteiger partial charge in [0.15, 0.2) is 0 Å². The van der Waals surface area contributed by atoms with Gasteiger partial charge in [-0.2, -0.15) is 0 Å². The Morgan fingerprint density at radius 2 is 1.79 bits per heavy atom. The second-order valence-corrected chi connectivity index (χ2v) is 5.73. The highest BCUT2D eigenvalue weighted by Crippen LogP contribution is 2.28. The zero-order chi connectivity index (χ0) is 14.6. The molecule has 0 amide bonds. The maximum atomic E-state index is 6.22. The first kappa shape index (κ1) is 16.0. The van der Waals surface area contributed by atoms with Crippen molar-refractivity contribution in [2.24, 2.45) is 11.7 Å². The Morgan fingerprint density at radius 1 is 1.16 bits per heavy atom. The molecule has 0 heterocycles. The van der Waals surface area contributed by atoms with Crippen LogP contribution in [0.3, 0.4) is 0 Å². The van der Waals surface area contributed by atoms with Crippen molar-refractivity contribution in [2.75, 3.05) is 14.2 Å². The molecule has 0 spiro atoms. The third kappa shape index (κ3) is 3.95. The molecule has 0 bridgehead atoms. The summed E-state index contributed by atoms with van der Waals surface area (Å²) in [6.45, 7) is 8.80. The van der Waals surface area contributed by atoms with Gasteiger partial charge in [0, 0.05) is 18.1 Å². The summed E-state index contributed by atoms with van der Waals surface area (Å²) in [4.78, 5) is 2.37. The second kappa shape index (κ2) is 6.92. The molecule has 19 heavy (non-hydrogen) atoms. The number of ether oxygens (including phenoxy) is 1. The molecule has 0 saturated heterocycles. The van der Waals surface area contributed by atoms with E-state index >= 15 is 0 Å². The zero-order valence-electron chi connectivity index (χ0n) is 13.1. The van der Waals surface area contributed by atoms with Crippen molar-refractivity contribution >= 4 is 0 Å². The first-order valence-electron chi connectivity index (χ1n) is 7.00. The topological polar surface area (TPSA) is 38.5 Å². The number of methoxy groups -OCH3 is 1. The van der Waals surface area contributed by atoms with Crippen LogP contribution in [0.4, 0.5) is 0 Å². The Bertz CT molecular complexity index is 390. The largest absolute Gasteiger partial charge is 0.497 e. The molecule has 1 aromatic rings. The fourth-order valence-electron chi connectivity index (χ4n) is 2.46. The van der Waals surface area contributed by atoms with Crippen LogP contribution in [-0.2, 0) is 0 Å². The fourth-order valence-corrected chi connectivity index (χ4v) is 2.46. The molecule has 2 N–H and O–H groups in total. The number of hydrogen-bond donors (Lipinski definition) is 1. The van der Waals surface area contributed by atoms with Crippen LogP contribution in [-0.4, -0.2) is 31.1 Å². The van der Waals surface area contributed by atoms with Crippen LogP contribution < -0.4 is 10.5 Å². The molecule has 3 nitrogen and oxygen atoms in total. The molecule has 0 radical (unpaired) electrons. The van der Waals surface area contributed by atoms with E-state index in [2.05, 4.69) is 51.8 Å². The van der Waals surface area contributed by atoms with Gasteiger partial charge in [-0.25, -0.2) is 0 Å². The maximum Gasteiger partial charge on any atom is 0.119 e. The highest BCUT2D eigenvalue weighted by atomic mass is 16.5. The molecule has 108 valence electrons. The average molecular weight is 264 g/mol. The normalized spacial score (nSPS) is 16.5. The van der Waals surface area contributed by atoms with Crippen LogP contribution in [0.15, 0.2) is 24.3 Å². The Balaban J connectivity index is 3.06. The summed E-state index contributed by atoms with van der Waals surface area (Å²) in [5.41, 5.74) is 7.43. The molecule has 0 fully saturated rings. The van der Waals surface area contributed by atoms with Gasteiger partial charge in [-0.1, -0.05) is 26.0 Å². The summed E-state index contributed by atoms with van der Waals surface area (Å²) in [5.74, 6) is 1.48. The standard InChI is InChI=1S/C16H28N2O/c1-11(2)13(4)18(5)16(12(3)17)14-8-7-9-15(10-14)19-6/h7-13,16H,17H2,1-6H3. The summed E-state index contributed by atoms with van der Waals surface area (Å²) in [5, 5.41) is 0. The van der Waals surface area contributed by atoms with Crippen molar-refractivity contribution in [3.63, 3.8) is 0 Å². The molecule has 0 aliphatic carbocycles. The van der Waals surface area contributed by atoms with Gasteiger partial charge < -0.3 is 10.5 Å². The van der Waals surface area contributed by atoms with E-state index in [1.165, 1.54) is 5.56 Å². The van der Waals surface area contributed by atoms with Gasteiger partial charge in [0.25, 0.3) is 0 Å². The van der Waals surface area contributed by atoms with Crippen molar-refractivity contribution in [1.29, 1.82) is 0 Å². The van der Waals surface area contributed by atoms with Gasteiger partial charge in [0.1, 0.15) is 5.75 Å². The molecular weight excluding hydrogens is 236 g/mol. The Hall–Kier alpha value is -1.06. The molecule has 3 atom stereocenters. The first-order chi connectivity index (χ1) is 8.88. The molecule has 0 aliphatic heterocycles. The quantitative estimate of drug-likeness (QED) is 0.858. The van der Waals surface area contributed by atoms with Crippen LogP contribution in [0.1, 0.15) is 39.3 Å². The van der Waals surface area contributed by atoms with Crippen molar-refractivity contribution in [2.45, 2.75) is 45.8 Å². The minimum Gasteiger partial charge on any atom is -0.497 e. The van der Waals surface area contributed by atoms with E-state index in [0.717, 1.165) is 5.75 Å². The fraction of sp³-hybridized carbons (Fsp3) is 0.625. The molecule has 1 aromatic carbocycles. The lowest BCUT2D eigenvalue weighted by Crippen LogP contribution is -2.43. The van der Waals surface area contributed by atoms with Crippen LogP contribution in [0.2, 0.25) is 0 Å². The predicted octanol–water partition coefficient (Wildman–Crippen LogP) is 3.06. The van der Waals surface area contributed by atoms with E-state index in [9.17, 15) is 0 Å². The molecule has 3 unspecified atom stereocenters. The van der Waals surface area contributed by atoms with E-state index in [4.69, 9.17) is 10.5 Å². The highest BCUT2D eigenvalue weighted by Gasteiger charge is 2.26. The van der Waals surface area contributed by atoms with Crippen molar-refractivity contribution < 1.29 is 4.74 Å². The Labute approximate surface area is 117 Å². The average Bonchev–Trinajstić information content (AvgIpc) is 2.37. The van der Waals surface area contributed by atoms with Crippen LogP contribution in [0.25, 0.3) is 0 Å². The van der Waals surface area contributed by atoms with E-state index in [1.807, 2.05) is 12.1 Å². The lowest BCUT2D eigenvalue weighted by atomic mass is 9.95. The summed E-state index contributed by atoms with van der Waals surface area (Å²) >= 11 is 0. The van der Waals surface area contributed by atoms with Crippen molar-refractivity contribution in [3.8, 4) is 5.75 Å². The lowest BCUT2D eigenvalue weighted by molar-refractivity contribution is 0.132. The first-order valence-corrected chi connectivity index (χ1v) is 7.00. The Morgan fingerprint density at radius 3 is 2.26 bits per heavy atom. The predicted molar refractivity (Wildman–Crippen MR) is 81.4 cm³/mol. The monoisotopic (exact) mass is 264 g/mol. The van der Waals surface area contributed by atoms with Crippen LogP contribution in [0, 0.1) is 5.92 Å². The zero-order valence-corrected chi connectivity index (χ0v) is 13.1. The highest BCUT2D eigenvalue weighted by molar-refractivity contribution is 5.31. The van der Waals surface area contributed by atoms with Gasteiger partial charge in [-0.3, -0.25) is 4.90 Å². The number of benzene rings is 1. The minimum atomic E-state index is 0.0679. The molecule has 0 saturated carbocycles. The van der Waals surface area contributed by atoms with Gasteiger partial charge in [-0.05, 0) is 44.5 Å². The molecule has 0 aliphatic rings. The number of nitrogens with zero attached hydrogens (tertiary/aromatic N) is 1. The van der Waals surface area contributed by atoms with Crippen LogP contribution in [0.5, 0.6) is 5.75 Å². The summed E-state index contributed by atoms with van der Waals surface area (Å²) in [6.07, 6.45) is 0. The summed E-state index contributed by atoms with van der Waals surface area (Å²) < 4.78 is 5.31. The summed E-state index contributed by atoms with van der Waals surface area (Å²) in [6, 6.07) is 8.94. The number of nitrogens with two attached hydrogens (primary N) is 1. The van der Waals surface area contributed by atoms with E-state index < -0.39 is 0 Å². The third-order valence-corrected chi connectivity index (χ3v) is 3.98. The maximum absolute atomic E-state index is 6.22. The third-order valence-electron chi connectivity index (χ3n) is 3.98. The van der Waals surface area contributed by atoms with Gasteiger partial charge in [-0.15, -0.1) is 0 Å². The number of hydrogen-bond acceptors (Lipinski definition) is 3. The second-order valence-electron chi connectivity index (χ2n) is 5.73. The lowest BCUT2D eigenvalue weighted by Gasteiger charge is -2.37. The molecule has 1 rings (SSSR count). The van der Waals surface area contributed by atoms with Gasteiger partial charge in [0.05, 0.1) is 7.11 Å². The van der Waals surface area contributed by atoms with Gasteiger partial charge in [0.2, 0.25) is 0 Å². The van der Waals surface area contributed by atoms with Crippen molar-refractivity contribution in [3.05, 3.63) is 29.8 Å². The van der Waals surface area contributed by atoms with Crippen molar-refractivity contribution in [1.82, 2.24) is 4.90 Å². The SMILES string of the molecule is COc1cccc(C(C(C)N)N(C)C(C)C(C)C)c1. The number of likely N-dealkylation sites (N-methyl/N-ethyl adjacent to an activating group) is 1. The van der Waals surface area contributed by atoms with E-state index in [1.54, 1.807) is 7.11 Å². The summed E-state index contributed by atoms with van der Waals surface area (Å²) in [7, 11) is 3.85. The van der Waals surface area contributed by atoms with Gasteiger partial charge >= 0.3 is 0 Å². The smallest absolute Gasteiger partial charge is 0.119 e. The minimum absolute atomic E-state index is 0.0679. The molecular formula is C16H28N2O. The Kier molecular flexibility index (Phi) is 5.83. The molecule has 0 aromatic heterocycles. The molecule has 3 heteroatoms. The van der Waals surface area contributed by atoms with E-state index in [-0.39, 0.29) is 12.1 Å². The van der Waals surface area contributed by atoms with E-state index in [0.29, 0.717) is 12.0 Å².